The molecular formula is C15H24N2O3. The van der Waals surface area contributed by atoms with Gasteiger partial charge in [0.15, 0.2) is 6.29 Å². The van der Waals surface area contributed by atoms with Crippen molar-refractivity contribution in [3.05, 3.63) is 29.8 Å². The number of carbonyl (C=O) groups excluding carboxylic acids is 1. The second-order valence-electron chi connectivity index (χ2n) is 5.56. The lowest BCUT2D eigenvalue weighted by Gasteiger charge is -2.19. The van der Waals surface area contributed by atoms with Gasteiger partial charge in [-0.15, -0.1) is 0 Å². The van der Waals surface area contributed by atoms with E-state index in [-0.39, 0.29) is 11.4 Å². The number of methoxy groups -OCH3 is 2. The van der Waals surface area contributed by atoms with Crippen molar-refractivity contribution in [2.24, 2.45) is 0 Å². The van der Waals surface area contributed by atoms with Crippen LogP contribution in [0.4, 0.5) is 10.5 Å². The van der Waals surface area contributed by atoms with Crippen LogP contribution in [0.2, 0.25) is 0 Å². The summed E-state index contributed by atoms with van der Waals surface area (Å²) in [5.41, 5.74) is 2.08. The Morgan fingerprint density at radius 3 is 2.15 bits per heavy atom. The number of ether oxygens (including phenoxy) is 2. The minimum absolute atomic E-state index is 0.102. The number of anilines is 1. The van der Waals surface area contributed by atoms with E-state index in [9.17, 15) is 4.79 Å². The van der Waals surface area contributed by atoms with Gasteiger partial charge in [0.2, 0.25) is 0 Å². The molecule has 112 valence electrons. The summed E-state index contributed by atoms with van der Waals surface area (Å²) in [6.07, 6.45) is -0.441. The first-order valence-electron chi connectivity index (χ1n) is 6.58. The first kappa shape index (κ1) is 16.5. The summed E-state index contributed by atoms with van der Waals surface area (Å²) in [5, 5.41) is 5.44. The maximum atomic E-state index is 11.7. The molecule has 0 heterocycles. The van der Waals surface area contributed by atoms with E-state index in [4.69, 9.17) is 9.47 Å². The minimum atomic E-state index is -0.441. The summed E-state index contributed by atoms with van der Waals surface area (Å²) in [7, 11) is 3.05. The summed E-state index contributed by atoms with van der Waals surface area (Å²) in [6, 6.07) is 7.53. The summed E-state index contributed by atoms with van der Waals surface area (Å²) in [6.45, 7) is 6.74. The maximum Gasteiger partial charge on any atom is 0.319 e. The van der Waals surface area contributed by atoms with Crippen molar-refractivity contribution in [1.82, 2.24) is 5.32 Å². The molecule has 0 fully saturated rings. The van der Waals surface area contributed by atoms with Gasteiger partial charge in [-0.2, -0.15) is 0 Å². The zero-order valence-electron chi connectivity index (χ0n) is 12.8. The zero-order chi connectivity index (χ0) is 15.2. The van der Waals surface area contributed by atoms with Crippen molar-refractivity contribution >= 4 is 11.7 Å². The van der Waals surface area contributed by atoms with Crippen LogP contribution in [0.15, 0.2) is 24.3 Å². The molecule has 5 nitrogen and oxygen atoms in total. The second-order valence-corrected chi connectivity index (χ2v) is 5.56. The fraction of sp³-hybridized carbons (Fsp3) is 0.533. The predicted molar refractivity (Wildman–Crippen MR) is 80.0 cm³/mol. The van der Waals surface area contributed by atoms with Crippen LogP contribution in [0, 0.1) is 0 Å². The largest absolute Gasteiger partial charge is 0.354 e. The van der Waals surface area contributed by atoms with Gasteiger partial charge >= 0.3 is 6.03 Å². The molecule has 0 saturated heterocycles. The fourth-order valence-corrected chi connectivity index (χ4v) is 1.67. The number of nitrogens with one attached hydrogen (secondary N) is 2. The van der Waals surface area contributed by atoms with E-state index in [1.807, 2.05) is 24.3 Å². The van der Waals surface area contributed by atoms with Crippen molar-refractivity contribution < 1.29 is 14.3 Å². The third-order valence-corrected chi connectivity index (χ3v) is 2.96. The Hall–Kier alpha value is -1.59. The lowest BCUT2D eigenvalue weighted by molar-refractivity contribution is -0.0970. The van der Waals surface area contributed by atoms with E-state index >= 15 is 0 Å². The first-order chi connectivity index (χ1) is 9.36. The quantitative estimate of drug-likeness (QED) is 0.815. The van der Waals surface area contributed by atoms with E-state index in [0.717, 1.165) is 5.69 Å². The molecule has 0 spiro atoms. The van der Waals surface area contributed by atoms with Crippen molar-refractivity contribution in [2.75, 3.05) is 26.1 Å². The highest BCUT2D eigenvalue weighted by Crippen LogP contribution is 2.23. The predicted octanol–water partition coefficient (Wildman–Crippen LogP) is 2.72. The zero-order valence-corrected chi connectivity index (χ0v) is 12.8. The molecule has 1 rings (SSSR count). The lowest BCUT2D eigenvalue weighted by Crippen LogP contribution is -2.36. The summed E-state index contributed by atoms with van der Waals surface area (Å²) < 4.78 is 9.98. The van der Waals surface area contributed by atoms with Gasteiger partial charge in [-0.1, -0.05) is 32.9 Å². The molecule has 2 amide bonds. The molecule has 0 aliphatic heterocycles. The SMILES string of the molecule is COC(CNC(=O)Nc1ccc(C(C)(C)C)cc1)OC. The topological polar surface area (TPSA) is 59.6 Å². The molecule has 20 heavy (non-hydrogen) atoms. The summed E-state index contributed by atoms with van der Waals surface area (Å²) in [5.74, 6) is 0. The molecule has 0 aromatic heterocycles. The van der Waals surface area contributed by atoms with Crippen LogP contribution >= 0.6 is 0 Å². The van der Waals surface area contributed by atoms with Gasteiger partial charge in [-0.25, -0.2) is 4.79 Å². The maximum absolute atomic E-state index is 11.7. The highest BCUT2D eigenvalue weighted by atomic mass is 16.7. The van der Waals surface area contributed by atoms with Crippen LogP contribution in [-0.2, 0) is 14.9 Å². The molecule has 0 atom stereocenters. The van der Waals surface area contributed by atoms with E-state index in [2.05, 4.69) is 31.4 Å². The van der Waals surface area contributed by atoms with Crippen molar-refractivity contribution in [3.63, 3.8) is 0 Å². The van der Waals surface area contributed by atoms with E-state index in [0.29, 0.717) is 6.54 Å². The molecule has 5 heteroatoms. The fourth-order valence-electron chi connectivity index (χ4n) is 1.67. The van der Waals surface area contributed by atoms with Gasteiger partial charge < -0.3 is 20.1 Å². The highest BCUT2D eigenvalue weighted by Gasteiger charge is 2.13. The Balaban J connectivity index is 2.50. The van der Waals surface area contributed by atoms with Crippen molar-refractivity contribution in [1.29, 1.82) is 0 Å². The van der Waals surface area contributed by atoms with Crippen molar-refractivity contribution in [3.8, 4) is 0 Å². The summed E-state index contributed by atoms with van der Waals surface area (Å²) >= 11 is 0. The average molecular weight is 280 g/mol. The molecule has 1 aromatic rings. The van der Waals surface area contributed by atoms with Gasteiger partial charge in [0.1, 0.15) is 0 Å². The molecule has 0 bridgehead atoms. The van der Waals surface area contributed by atoms with Gasteiger partial charge in [0.25, 0.3) is 0 Å². The monoisotopic (exact) mass is 280 g/mol. The number of benzene rings is 1. The van der Waals surface area contributed by atoms with Crippen LogP contribution in [0.25, 0.3) is 0 Å². The molecular weight excluding hydrogens is 256 g/mol. The number of urea groups is 1. The number of carbonyl (C=O) groups is 1. The Bertz CT molecular complexity index is 420. The smallest absolute Gasteiger partial charge is 0.319 e. The Kier molecular flexibility index (Phi) is 5.98. The molecule has 0 saturated carbocycles. The standard InChI is InChI=1S/C15H24N2O3/c1-15(2,3)11-6-8-12(9-7-11)17-14(18)16-10-13(19-4)20-5/h6-9,13H,10H2,1-5H3,(H2,16,17,18). The van der Waals surface area contributed by atoms with Crippen LogP contribution in [0.1, 0.15) is 26.3 Å². The molecule has 0 aliphatic rings. The number of rotatable bonds is 5. The van der Waals surface area contributed by atoms with Crippen molar-refractivity contribution in [2.45, 2.75) is 32.5 Å². The Morgan fingerprint density at radius 2 is 1.70 bits per heavy atom. The van der Waals surface area contributed by atoms with Gasteiger partial charge in [0.05, 0.1) is 6.54 Å². The van der Waals surface area contributed by atoms with Crippen LogP contribution < -0.4 is 10.6 Å². The Morgan fingerprint density at radius 1 is 1.15 bits per heavy atom. The normalized spacial score (nSPS) is 11.5. The van der Waals surface area contributed by atoms with Crippen LogP contribution in [-0.4, -0.2) is 33.1 Å². The average Bonchev–Trinajstić information content (AvgIpc) is 2.39. The molecule has 2 N–H and O–H groups in total. The first-order valence-corrected chi connectivity index (χ1v) is 6.58. The highest BCUT2D eigenvalue weighted by molar-refractivity contribution is 5.89. The molecule has 0 unspecified atom stereocenters. The number of hydrogen-bond acceptors (Lipinski definition) is 3. The third kappa shape index (κ3) is 5.19. The van der Waals surface area contributed by atoms with E-state index in [1.54, 1.807) is 0 Å². The number of hydrogen-bond donors (Lipinski definition) is 2. The lowest BCUT2D eigenvalue weighted by atomic mass is 9.87. The molecule has 0 aliphatic carbocycles. The molecule has 1 aromatic carbocycles. The van der Waals surface area contributed by atoms with Crippen LogP contribution in [0.3, 0.4) is 0 Å². The second kappa shape index (κ2) is 7.26. The number of amides is 2. The van der Waals surface area contributed by atoms with Gasteiger partial charge in [0, 0.05) is 19.9 Å². The molecule has 0 radical (unpaired) electrons. The Labute approximate surface area is 120 Å². The van der Waals surface area contributed by atoms with Crippen LogP contribution in [0.5, 0.6) is 0 Å². The van der Waals surface area contributed by atoms with Gasteiger partial charge in [-0.3, -0.25) is 0 Å². The summed E-state index contributed by atoms with van der Waals surface area (Å²) in [4.78, 5) is 11.7. The van der Waals surface area contributed by atoms with E-state index < -0.39 is 6.29 Å². The minimum Gasteiger partial charge on any atom is -0.354 e. The van der Waals surface area contributed by atoms with E-state index in [1.165, 1.54) is 19.8 Å². The third-order valence-electron chi connectivity index (χ3n) is 2.96. The van der Waals surface area contributed by atoms with Gasteiger partial charge in [-0.05, 0) is 23.1 Å².